The Morgan fingerprint density at radius 2 is 1.83 bits per heavy atom. The molecular formula is C11H23N. The van der Waals surface area contributed by atoms with E-state index >= 15 is 0 Å². The first-order valence-electron chi connectivity index (χ1n) is 5.57. The molecule has 1 nitrogen and oxygen atoms in total. The zero-order chi connectivity index (χ0) is 9.03. The molecule has 1 aliphatic carbocycles. The Morgan fingerprint density at radius 1 is 1.17 bits per heavy atom. The van der Waals surface area contributed by atoms with Gasteiger partial charge in [-0.3, -0.25) is 0 Å². The van der Waals surface area contributed by atoms with E-state index in [2.05, 4.69) is 11.8 Å². The second-order valence-corrected chi connectivity index (χ2v) is 3.97. The quantitative estimate of drug-likeness (QED) is 0.583. The minimum absolute atomic E-state index is 0.815. The lowest BCUT2D eigenvalue weighted by atomic mass is 9.68. The highest BCUT2D eigenvalue weighted by Gasteiger charge is 2.41. The van der Waals surface area contributed by atoms with E-state index in [1.807, 2.05) is 13.8 Å². The smallest absolute Gasteiger partial charge is 0.00383 e. The van der Waals surface area contributed by atoms with Gasteiger partial charge in [0, 0.05) is 6.54 Å². The first-order valence-corrected chi connectivity index (χ1v) is 5.57. The van der Waals surface area contributed by atoms with Gasteiger partial charge in [-0.2, -0.15) is 0 Å². The summed E-state index contributed by atoms with van der Waals surface area (Å²) in [5.74, 6) is 0. The summed E-state index contributed by atoms with van der Waals surface area (Å²) in [4.78, 5) is 2.60. The summed E-state index contributed by atoms with van der Waals surface area (Å²) in [6.07, 6.45) is 6.02. The maximum atomic E-state index is 2.60. The highest BCUT2D eigenvalue weighted by atomic mass is 15.2. The van der Waals surface area contributed by atoms with Crippen molar-refractivity contribution in [2.75, 3.05) is 19.6 Å². The van der Waals surface area contributed by atoms with Crippen molar-refractivity contribution in [3.63, 3.8) is 0 Å². The predicted octanol–water partition coefficient (Wildman–Crippen LogP) is 2.91. The molecule has 0 amide bonds. The second-order valence-electron chi connectivity index (χ2n) is 3.97. The fourth-order valence-corrected chi connectivity index (χ4v) is 2.38. The lowest BCUT2D eigenvalue weighted by Gasteiger charge is -2.38. The molecule has 72 valence electrons. The minimum Gasteiger partial charge on any atom is -0.303 e. The van der Waals surface area contributed by atoms with Gasteiger partial charge >= 0.3 is 0 Å². The van der Waals surface area contributed by atoms with Crippen molar-refractivity contribution in [2.24, 2.45) is 5.41 Å². The van der Waals surface area contributed by atoms with E-state index in [4.69, 9.17) is 0 Å². The van der Waals surface area contributed by atoms with Crippen LogP contribution in [0.3, 0.4) is 0 Å². The molecule has 0 atom stereocenters. The molecule has 0 aromatic rings. The van der Waals surface area contributed by atoms with Crippen LogP contribution in [0.4, 0.5) is 0 Å². The van der Waals surface area contributed by atoms with Gasteiger partial charge < -0.3 is 4.90 Å². The van der Waals surface area contributed by atoms with Crippen molar-refractivity contribution in [2.45, 2.75) is 46.5 Å². The van der Waals surface area contributed by atoms with Crippen LogP contribution >= 0.6 is 0 Å². The lowest BCUT2D eigenvalue weighted by molar-refractivity contribution is 0.141. The fraction of sp³-hybridized carbons (Fsp3) is 1.00. The molecule has 0 radical (unpaired) electrons. The molecule has 1 heterocycles. The summed E-state index contributed by atoms with van der Waals surface area (Å²) in [7, 11) is 0. The van der Waals surface area contributed by atoms with Gasteiger partial charge in [-0.15, -0.1) is 0 Å². The van der Waals surface area contributed by atoms with E-state index in [1.54, 1.807) is 0 Å². The summed E-state index contributed by atoms with van der Waals surface area (Å²) in [5, 5.41) is 0. The predicted molar refractivity (Wildman–Crippen MR) is 54.4 cm³/mol. The summed E-state index contributed by atoms with van der Waals surface area (Å²) in [5.41, 5.74) is 0.815. The average molecular weight is 169 g/mol. The Hall–Kier alpha value is -0.0400. The van der Waals surface area contributed by atoms with Crippen LogP contribution in [-0.4, -0.2) is 24.5 Å². The maximum absolute atomic E-state index is 2.60. The number of rotatable bonds is 1. The van der Waals surface area contributed by atoms with E-state index < -0.39 is 0 Å². The van der Waals surface area contributed by atoms with Crippen LogP contribution in [0.2, 0.25) is 0 Å². The van der Waals surface area contributed by atoms with Crippen molar-refractivity contribution >= 4 is 0 Å². The monoisotopic (exact) mass is 169 g/mol. The van der Waals surface area contributed by atoms with Gasteiger partial charge in [0.15, 0.2) is 0 Å². The summed E-state index contributed by atoms with van der Waals surface area (Å²) in [6, 6.07) is 0. The first-order chi connectivity index (χ1) is 5.85. The molecule has 0 unspecified atom stereocenters. The van der Waals surface area contributed by atoms with E-state index in [-0.39, 0.29) is 0 Å². The molecule has 2 aliphatic rings. The van der Waals surface area contributed by atoms with Gasteiger partial charge in [-0.05, 0) is 37.8 Å². The number of hydrogen-bond acceptors (Lipinski definition) is 1. The Labute approximate surface area is 77.1 Å². The van der Waals surface area contributed by atoms with Crippen molar-refractivity contribution in [3.8, 4) is 0 Å². The average Bonchev–Trinajstić information content (AvgIpc) is 2.51. The molecule has 1 saturated heterocycles. The van der Waals surface area contributed by atoms with Crippen molar-refractivity contribution in [1.82, 2.24) is 4.90 Å². The van der Waals surface area contributed by atoms with E-state index in [0.29, 0.717) is 0 Å². The fourth-order valence-electron chi connectivity index (χ4n) is 2.38. The lowest BCUT2D eigenvalue weighted by Crippen LogP contribution is -2.32. The van der Waals surface area contributed by atoms with Crippen molar-refractivity contribution < 1.29 is 0 Å². The molecule has 1 heteroatoms. The SMILES string of the molecule is CC.CCN1CCC2(CCC2)C1. The number of hydrogen-bond donors (Lipinski definition) is 0. The minimum atomic E-state index is 0.815. The summed E-state index contributed by atoms with van der Waals surface area (Å²) in [6.45, 7) is 10.3. The Kier molecular flexibility index (Phi) is 3.57. The Balaban J connectivity index is 0.000000336. The van der Waals surface area contributed by atoms with Gasteiger partial charge in [-0.25, -0.2) is 0 Å². The zero-order valence-corrected chi connectivity index (χ0v) is 8.90. The Bertz CT molecular complexity index is 127. The van der Waals surface area contributed by atoms with Gasteiger partial charge in [0.05, 0.1) is 0 Å². The van der Waals surface area contributed by atoms with Gasteiger partial charge in [0.25, 0.3) is 0 Å². The van der Waals surface area contributed by atoms with E-state index in [0.717, 1.165) is 5.41 Å². The van der Waals surface area contributed by atoms with Crippen LogP contribution in [0.5, 0.6) is 0 Å². The van der Waals surface area contributed by atoms with Crippen molar-refractivity contribution in [3.05, 3.63) is 0 Å². The molecule has 2 rings (SSSR count). The molecule has 2 fully saturated rings. The highest BCUT2D eigenvalue weighted by Crippen LogP contribution is 2.47. The van der Waals surface area contributed by atoms with Gasteiger partial charge in [0.2, 0.25) is 0 Å². The molecule has 0 aromatic carbocycles. The van der Waals surface area contributed by atoms with Gasteiger partial charge in [0.1, 0.15) is 0 Å². The van der Waals surface area contributed by atoms with Crippen LogP contribution in [0.15, 0.2) is 0 Å². The third-order valence-electron chi connectivity index (χ3n) is 3.38. The maximum Gasteiger partial charge on any atom is 0.00383 e. The molecule has 0 aromatic heterocycles. The molecule has 0 bridgehead atoms. The zero-order valence-electron chi connectivity index (χ0n) is 8.90. The van der Waals surface area contributed by atoms with Crippen molar-refractivity contribution in [1.29, 1.82) is 0 Å². The second kappa shape index (κ2) is 4.27. The topological polar surface area (TPSA) is 3.24 Å². The number of nitrogens with zero attached hydrogens (tertiary/aromatic N) is 1. The molecule has 1 saturated carbocycles. The van der Waals surface area contributed by atoms with Crippen LogP contribution in [-0.2, 0) is 0 Å². The van der Waals surface area contributed by atoms with Gasteiger partial charge in [-0.1, -0.05) is 27.2 Å². The summed E-state index contributed by atoms with van der Waals surface area (Å²) >= 11 is 0. The van der Waals surface area contributed by atoms with Crippen LogP contribution < -0.4 is 0 Å². The third kappa shape index (κ3) is 1.82. The Morgan fingerprint density at radius 3 is 2.08 bits per heavy atom. The van der Waals surface area contributed by atoms with E-state index in [9.17, 15) is 0 Å². The highest BCUT2D eigenvalue weighted by molar-refractivity contribution is 4.95. The normalized spacial score (nSPS) is 26.2. The largest absolute Gasteiger partial charge is 0.303 e. The molecule has 1 spiro atoms. The number of likely N-dealkylation sites (tertiary alicyclic amines) is 1. The third-order valence-corrected chi connectivity index (χ3v) is 3.38. The standard InChI is InChI=1S/C9H17N.C2H6/c1-2-10-7-6-9(8-10)4-3-5-9;1-2/h2-8H2,1H3;1-2H3. The molecule has 0 N–H and O–H groups in total. The van der Waals surface area contributed by atoms with Crippen LogP contribution in [0.1, 0.15) is 46.5 Å². The van der Waals surface area contributed by atoms with E-state index in [1.165, 1.54) is 45.3 Å². The van der Waals surface area contributed by atoms with Crippen LogP contribution in [0, 0.1) is 5.41 Å². The first kappa shape index (κ1) is 10.0. The van der Waals surface area contributed by atoms with Crippen LogP contribution in [0.25, 0.3) is 0 Å². The molecule has 1 aliphatic heterocycles. The molecular weight excluding hydrogens is 146 g/mol. The summed E-state index contributed by atoms with van der Waals surface area (Å²) < 4.78 is 0. The molecule has 12 heavy (non-hydrogen) atoms.